The quantitative estimate of drug-likeness (QED) is 0.679. The van der Waals surface area contributed by atoms with Crippen molar-refractivity contribution in [3.63, 3.8) is 0 Å². The average Bonchev–Trinajstić information content (AvgIpc) is 3.55. The molecule has 0 aliphatic carbocycles. The highest BCUT2D eigenvalue weighted by atomic mass is 32.1. The van der Waals surface area contributed by atoms with Gasteiger partial charge < -0.3 is 19.9 Å². The van der Waals surface area contributed by atoms with Crippen molar-refractivity contribution in [3.8, 4) is 10.4 Å². The molecule has 0 radical (unpaired) electrons. The van der Waals surface area contributed by atoms with Crippen molar-refractivity contribution >= 4 is 28.8 Å². The van der Waals surface area contributed by atoms with Gasteiger partial charge in [0.05, 0.1) is 11.5 Å². The summed E-state index contributed by atoms with van der Waals surface area (Å²) in [7, 11) is 0. The second-order valence-electron chi connectivity index (χ2n) is 10.9. The summed E-state index contributed by atoms with van der Waals surface area (Å²) in [5.74, 6) is 0.200. The van der Waals surface area contributed by atoms with Crippen LogP contribution < -0.4 is 5.32 Å². The van der Waals surface area contributed by atoms with E-state index in [2.05, 4.69) is 44.1 Å². The van der Waals surface area contributed by atoms with Crippen LogP contribution in [0.3, 0.4) is 0 Å². The molecule has 3 saturated heterocycles. The van der Waals surface area contributed by atoms with Gasteiger partial charge in [-0.1, -0.05) is 6.07 Å². The third-order valence-electron chi connectivity index (χ3n) is 6.94. The third kappa shape index (κ3) is 4.33. The molecule has 34 heavy (non-hydrogen) atoms. The Bertz CT molecular complexity index is 1120. The Morgan fingerprint density at radius 1 is 1.21 bits per heavy atom. The van der Waals surface area contributed by atoms with Crippen LogP contribution in [0.15, 0.2) is 18.2 Å². The van der Waals surface area contributed by atoms with Gasteiger partial charge in [-0.15, -0.1) is 11.3 Å². The predicted octanol–water partition coefficient (Wildman–Crippen LogP) is 4.77. The molecule has 1 aromatic carbocycles. The largest absolute Gasteiger partial charge is 0.380 e. The summed E-state index contributed by atoms with van der Waals surface area (Å²) < 4.78 is 5.74. The van der Waals surface area contributed by atoms with E-state index in [9.17, 15) is 9.59 Å². The third-order valence-corrected chi connectivity index (χ3v) is 8.02. The minimum Gasteiger partial charge on any atom is -0.380 e. The Labute approximate surface area is 205 Å². The lowest BCUT2D eigenvalue weighted by molar-refractivity contribution is -0.0255. The summed E-state index contributed by atoms with van der Waals surface area (Å²) in [5.41, 5.74) is 3.37. The Morgan fingerprint density at radius 2 is 2.00 bits per heavy atom. The summed E-state index contributed by atoms with van der Waals surface area (Å²) >= 11 is 1.33. The molecule has 1 N–H and O–H groups in total. The standard InChI is InChI=1S/C26H34N4O3S/c1-15-11-18(28-26(3,4)5)8-9-19(15)22-21(24(31)29-10-6-7-16(29)2)27-23(34-22)25(32)30-13-17-12-20(30)33-14-17/h8-9,11,16-17,20,28H,6-7,10,12-14H2,1-5H3/t16-,17?,20?/m0/s1. The summed E-state index contributed by atoms with van der Waals surface area (Å²) in [5, 5.41) is 3.88. The number of carbonyl (C=O) groups is 2. The van der Waals surface area contributed by atoms with E-state index >= 15 is 0 Å². The molecule has 5 rings (SSSR count). The number of fused-ring (bicyclic) bond motifs is 2. The Kier molecular flexibility index (Phi) is 5.92. The van der Waals surface area contributed by atoms with E-state index in [-0.39, 0.29) is 29.6 Å². The van der Waals surface area contributed by atoms with Crippen LogP contribution in [0.4, 0.5) is 5.69 Å². The van der Waals surface area contributed by atoms with Crippen molar-refractivity contribution < 1.29 is 14.3 Å². The van der Waals surface area contributed by atoms with Gasteiger partial charge in [0.25, 0.3) is 11.8 Å². The molecule has 7 nitrogen and oxygen atoms in total. The maximum absolute atomic E-state index is 13.6. The van der Waals surface area contributed by atoms with Crippen LogP contribution in [0.25, 0.3) is 10.4 Å². The summed E-state index contributed by atoms with van der Waals surface area (Å²) in [6.45, 7) is 12.7. The molecule has 3 aliphatic rings. The fourth-order valence-electron chi connectivity index (χ4n) is 5.28. The number of hydrogen-bond acceptors (Lipinski definition) is 6. The van der Waals surface area contributed by atoms with Crippen LogP contribution in [0, 0.1) is 12.8 Å². The molecule has 0 spiro atoms. The molecule has 2 aromatic rings. The molecule has 2 unspecified atom stereocenters. The number of aryl methyl sites for hydroxylation is 1. The highest BCUT2D eigenvalue weighted by Gasteiger charge is 2.43. The molecule has 8 heteroatoms. The van der Waals surface area contributed by atoms with Crippen LogP contribution >= 0.6 is 11.3 Å². The smallest absolute Gasteiger partial charge is 0.284 e. The van der Waals surface area contributed by atoms with E-state index in [1.165, 1.54) is 11.3 Å². The van der Waals surface area contributed by atoms with Crippen molar-refractivity contribution in [1.29, 1.82) is 0 Å². The van der Waals surface area contributed by atoms with Gasteiger partial charge in [-0.2, -0.15) is 0 Å². The van der Waals surface area contributed by atoms with Crippen LogP contribution in [-0.2, 0) is 4.74 Å². The Morgan fingerprint density at radius 3 is 2.59 bits per heavy atom. The van der Waals surface area contributed by atoms with Crippen LogP contribution in [0.1, 0.15) is 72.8 Å². The molecule has 2 bridgehead atoms. The van der Waals surface area contributed by atoms with Gasteiger partial charge in [0.1, 0.15) is 11.9 Å². The number of aromatic nitrogens is 1. The molecule has 3 fully saturated rings. The van der Waals surface area contributed by atoms with Crippen molar-refractivity contribution in [3.05, 3.63) is 34.5 Å². The summed E-state index contributed by atoms with van der Waals surface area (Å²) in [6.07, 6.45) is 2.73. The minimum atomic E-state index is -0.160. The molecule has 4 heterocycles. The number of nitrogens with one attached hydrogen (secondary N) is 1. The van der Waals surface area contributed by atoms with Gasteiger partial charge >= 0.3 is 0 Å². The highest BCUT2D eigenvalue weighted by molar-refractivity contribution is 7.17. The van der Waals surface area contributed by atoms with Gasteiger partial charge in [0, 0.05) is 36.3 Å². The number of thiazole rings is 1. The van der Waals surface area contributed by atoms with Crippen molar-refractivity contribution in [2.45, 2.75) is 71.7 Å². The highest BCUT2D eigenvalue weighted by Crippen LogP contribution is 2.38. The molecular weight excluding hydrogens is 448 g/mol. The van der Waals surface area contributed by atoms with Gasteiger partial charge in [-0.05, 0) is 77.1 Å². The maximum atomic E-state index is 13.6. The fourth-order valence-corrected chi connectivity index (χ4v) is 6.39. The number of ether oxygens (including phenoxy) is 1. The monoisotopic (exact) mass is 482 g/mol. The van der Waals surface area contributed by atoms with E-state index in [4.69, 9.17) is 4.74 Å². The number of carbonyl (C=O) groups excluding carboxylic acids is 2. The van der Waals surface area contributed by atoms with Crippen molar-refractivity contribution in [2.75, 3.05) is 25.0 Å². The second kappa shape index (κ2) is 8.64. The number of benzene rings is 1. The molecule has 0 saturated carbocycles. The van der Waals surface area contributed by atoms with Crippen LogP contribution in [-0.4, -0.2) is 64.1 Å². The van der Waals surface area contributed by atoms with E-state index in [0.717, 1.165) is 54.1 Å². The number of anilines is 1. The first-order valence-corrected chi connectivity index (χ1v) is 13.1. The van der Waals surface area contributed by atoms with E-state index < -0.39 is 0 Å². The summed E-state index contributed by atoms with van der Waals surface area (Å²) in [4.78, 5) is 36.1. The zero-order chi connectivity index (χ0) is 24.2. The van der Waals surface area contributed by atoms with Gasteiger partial charge in [-0.3, -0.25) is 9.59 Å². The lowest BCUT2D eigenvalue weighted by Crippen LogP contribution is -2.40. The van der Waals surface area contributed by atoms with Crippen molar-refractivity contribution in [1.82, 2.24) is 14.8 Å². The lowest BCUT2D eigenvalue weighted by Gasteiger charge is -2.26. The summed E-state index contributed by atoms with van der Waals surface area (Å²) in [6, 6.07) is 6.36. The number of nitrogens with zero attached hydrogens (tertiary/aromatic N) is 3. The Balaban J connectivity index is 1.52. The van der Waals surface area contributed by atoms with E-state index in [1.54, 1.807) is 4.90 Å². The number of likely N-dealkylation sites (tertiary alicyclic amines) is 2. The van der Waals surface area contributed by atoms with E-state index in [0.29, 0.717) is 23.2 Å². The van der Waals surface area contributed by atoms with Gasteiger partial charge in [0.15, 0.2) is 5.01 Å². The number of hydrogen-bond donors (Lipinski definition) is 1. The van der Waals surface area contributed by atoms with Gasteiger partial charge in [-0.25, -0.2) is 4.98 Å². The SMILES string of the molecule is Cc1cc(NC(C)(C)C)ccc1-c1sc(C(=O)N2CC3COC2C3)nc1C(=O)N1CCC[C@@H]1C. The first kappa shape index (κ1) is 23.3. The second-order valence-corrected chi connectivity index (χ2v) is 11.9. The number of rotatable bonds is 4. The topological polar surface area (TPSA) is 74.8 Å². The maximum Gasteiger partial charge on any atom is 0.284 e. The minimum absolute atomic E-state index is 0.0533. The molecule has 2 amide bonds. The molecule has 3 aliphatic heterocycles. The normalized spacial score (nSPS) is 24.2. The average molecular weight is 483 g/mol. The van der Waals surface area contributed by atoms with Crippen LogP contribution in [0.5, 0.6) is 0 Å². The zero-order valence-electron chi connectivity index (χ0n) is 20.7. The first-order valence-electron chi connectivity index (χ1n) is 12.2. The molecule has 182 valence electrons. The van der Waals surface area contributed by atoms with Crippen LogP contribution in [0.2, 0.25) is 0 Å². The molecule has 3 atom stereocenters. The molecule has 1 aromatic heterocycles. The van der Waals surface area contributed by atoms with Gasteiger partial charge in [0.2, 0.25) is 0 Å². The predicted molar refractivity (Wildman–Crippen MR) is 134 cm³/mol. The molecular formula is C26H34N4O3S. The van der Waals surface area contributed by atoms with E-state index in [1.807, 2.05) is 24.0 Å². The van der Waals surface area contributed by atoms with Crippen molar-refractivity contribution in [2.24, 2.45) is 5.92 Å². The zero-order valence-corrected chi connectivity index (χ0v) is 21.5. The first-order chi connectivity index (χ1) is 16.1. The number of amides is 2. The lowest BCUT2D eigenvalue weighted by atomic mass is 10.0. The Hall–Kier alpha value is -2.45. The fraction of sp³-hybridized carbons (Fsp3) is 0.577.